The van der Waals surface area contributed by atoms with Crippen molar-refractivity contribution in [3.8, 4) is 27.5 Å². The fourth-order valence-corrected chi connectivity index (χ4v) is 5.45. The number of carbonyl (C=O) groups excluding carboxylic acids is 2. The number of halogens is 1. The zero-order chi connectivity index (χ0) is 26.7. The Labute approximate surface area is 224 Å². The molecule has 0 saturated carbocycles. The van der Waals surface area contributed by atoms with Crippen molar-refractivity contribution in [2.75, 3.05) is 7.11 Å². The van der Waals surface area contributed by atoms with Crippen LogP contribution in [0.15, 0.2) is 64.8 Å². The number of nitrogens with zero attached hydrogens (tertiary/aromatic N) is 2. The smallest absolute Gasteiger partial charge is 0.292 e. The Morgan fingerprint density at radius 1 is 1.05 bits per heavy atom. The third-order valence-corrected chi connectivity index (χ3v) is 7.34. The Kier molecular flexibility index (Phi) is 7.76. The van der Waals surface area contributed by atoms with Crippen LogP contribution in [0.5, 0.6) is 0 Å². The second-order valence-electron chi connectivity index (χ2n) is 9.66. The number of Topliss-reactive ketones (excluding diaryl/α,β-unsaturated/α-hetero) is 1. The predicted octanol–water partition coefficient (Wildman–Crippen LogP) is 6.53. The van der Waals surface area contributed by atoms with Gasteiger partial charge in [0.15, 0.2) is 5.78 Å². The standard InChI is InChI=1S/C27H23ClN2O2S.C2H4O2/c1-16-6-4-5-7-22(16)30-23-13-27(2,3)14-24(31)19(23)12-20(26(30)32)25-29-21(15-33-25)17-8-10-18(28)11-9-17;1-4-2-3/h4-12,15H,13-14H2,1-3H3;2H,1H3. The van der Waals surface area contributed by atoms with E-state index in [1.165, 1.54) is 18.4 Å². The number of benzene rings is 2. The maximum Gasteiger partial charge on any atom is 0.292 e. The molecule has 0 radical (unpaired) electrons. The molecule has 4 aromatic rings. The van der Waals surface area contributed by atoms with Gasteiger partial charge in [0.25, 0.3) is 12.0 Å². The average Bonchev–Trinajstić information content (AvgIpc) is 3.34. The third kappa shape index (κ3) is 5.58. The maximum atomic E-state index is 13.9. The summed E-state index contributed by atoms with van der Waals surface area (Å²) < 4.78 is 5.60. The van der Waals surface area contributed by atoms with Gasteiger partial charge in [-0.05, 0) is 48.6 Å². The molecule has 0 atom stereocenters. The SMILES string of the molecule is COC=O.Cc1ccccc1-n1c2c(cc(-c3nc(-c4ccc(Cl)cc4)cs3)c1=O)C(=O)CC(C)(C)C2. The van der Waals surface area contributed by atoms with Gasteiger partial charge in [0.05, 0.1) is 24.1 Å². The molecule has 2 heterocycles. The molecule has 2 aromatic heterocycles. The monoisotopic (exact) mass is 534 g/mol. The number of hydrogen-bond acceptors (Lipinski definition) is 6. The van der Waals surface area contributed by atoms with Gasteiger partial charge in [0.2, 0.25) is 0 Å². The van der Waals surface area contributed by atoms with E-state index in [1.54, 1.807) is 10.6 Å². The highest BCUT2D eigenvalue weighted by atomic mass is 35.5. The summed E-state index contributed by atoms with van der Waals surface area (Å²) in [5, 5.41) is 3.19. The molecule has 0 fully saturated rings. The van der Waals surface area contributed by atoms with E-state index in [2.05, 4.69) is 18.6 Å². The Morgan fingerprint density at radius 3 is 2.38 bits per heavy atom. The number of ether oxygens (including phenoxy) is 1. The van der Waals surface area contributed by atoms with Crippen LogP contribution in [-0.2, 0) is 16.0 Å². The van der Waals surface area contributed by atoms with Crippen molar-refractivity contribution in [1.82, 2.24) is 9.55 Å². The molecule has 2 aromatic carbocycles. The zero-order valence-electron chi connectivity index (χ0n) is 21.1. The quantitative estimate of drug-likeness (QED) is 0.278. The Morgan fingerprint density at radius 2 is 1.73 bits per heavy atom. The molecule has 0 N–H and O–H groups in total. The van der Waals surface area contributed by atoms with Crippen molar-refractivity contribution < 1.29 is 14.3 Å². The number of methoxy groups -OCH3 is 1. The van der Waals surface area contributed by atoms with Gasteiger partial charge < -0.3 is 4.74 Å². The first-order valence-electron chi connectivity index (χ1n) is 11.7. The molecule has 0 unspecified atom stereocenters. The van der Waals surface area contributed by atoms with Crippen LogP contribution < -0.4 is 5.56 Å². The van der Waals surface area contributed by atoms with Crippen molar-refractivity contribution in [1.29, 1.82) is 0 Å². The lowest BCUT2D eigenvalue weighted by atomic mass is 9.75. The fourth-order valence-electron chi connectivity index (χ4n) is 4.49. The number of para-hydroxylation sites is 1. The fraction of sp³-hybridized carbons (Fsp3) is 0.241. The average molecular weight is 535 g/mol. The van der Waals surface area contributed by atoms with Crippen molar-refractivity contribution in [2.45, 2.75) is 33.6 Å². The third-order valence-electron chi connectivity index (χ3n) is 6.22. The van der Waals surface area contributed by atoms with E-state index in [1.807, 2.05) is 60.8 Å². The van der Waals surface area contributed by atoms with Crippen LogP contribution in [0.4, 0.5) is 0 Å². The number of hydrogen-bond donors (Lipinski definition) is 0. The highest BCUT2D eigenvalue weighted by Gasteiger charge is 2.34. The highest BCUT2D eigenvalue weighted by Crippen LogP contribution is 2.37. The molecule has 1 aliphatic carbocycles. The molecule has 0 bridgehead atoms. The van der Waals surface area contributed by atoms with E-state index in [9.17, 15) is 9.59 Å². The van der Waals surface area contributed by atoms with Crippen molar-refractivity contribution >= 4 is 35.2 Å². The molecular weight excluding hydrogens is 508 g/mol. The van der Waals surface area contributed by atoms with Gasteiger partial charge in [-0.2, -0.15) is 0 Å². The molecule has 0 saturated heterocycles. The second kappa shape index (κ2) is 10.8. The van der Waals surface area contributed by atoms with E-state index < -0.39 is 0 Å². The maximum absolute atomic E-state index is 13.9. The topological polar surface area (TPSA) is 78.3 Å². The van der Waals surface area contributed by atoms with Crippen molar-refractivity contribution in [2.24, 2.45) is 5.41 Å². The Hall–Kier alpha value is -3.55. The number of ketones is 1. The lowest BCUT2D eigenvalue weighted by Gasteiger charge is -2.32. The molecule has 8 heteroatoms. The summed E-state index contributed by atoms with van der Waals surface area (Å²) in [4.78, 5) is 40.8. The van der Waals surface area contributed by atoms with Crippen LogP contribution >= 0.6 is 22.9 Å². The minimum absolute atomic E-state index is 0.0688. The first kappa shape index (κ1) is 26.5. The van der Waals surface area contributed by atoms with Crippen LogP contribution in [-0.4, -0.2) is 28.9 Å². The zero-order valence-corrected chi connectivity index (χ0v) is 22.7. The molecule has 1 aliphatic rings. The number of aryl methyl sites for hydroxylation is 1. The van der Waals surface area contributed by atoms with E-state index >= 15 is 0 Å². The van der Waals surface area contributed by atoms with E-state index in [0.29, 0.717) is 40.5 Å². The van der Waals surface area contributed by atoms with Crippen LogP contribution in [0.2, 0.25) is 5.02 Å². The lowest BCUT2D eigenvalue weighted by molar-refractivity contribution is -0.126. The van der Waals surface area contributed by atoms with Gasteiger partial charge >= 0.3 is 0 Å². The molecule has 0 spiro atoms. The summed E-state index contributed by atoms with van der Waals surface area (Å²) in [5.74, 6) is 0.0688. The Balaban J connectivity index is 0.000000747. The second-order valence-corrected chi connectivity index (χ2v) is 11.0. The van der Waals surface area contributed by atoms with E-state index in [0.717, 1.165) is 28.2 Å². The van der Waals surface area contributed by atoms with Gasteiger partial charge in [-0.25, -0.2) is 4.98 Å². The normalized spacial score (nSPS) is 13.8. The summed E-state index contributed by atoms with van der Waals surface area (Å²) in [5.41, 5.74) is 5.00. The molecule has 0 aliphatic heterocycles. The first-order valence-corrected chi connectivity index (χ1v) is 13.0. The van der Waals surface area contributed by atoms with E-state index in [-0.39, 0.29) is 16.8 Å². The molecule has 5 rings (SSSR count). The minimum atomic E-state index is -0.203. The summed E-state index contributed by atoms with van der Waals surface area (Å²) in [6, 6.07) is 17.0. The van der Waals surface area contributed by atoms with Gasteiger partial charge in [-0.3, -0.25) is 19.0 Å². The van der Waals surface area contributed by atoms with Crippen LogP contribution in [0, 0.1) is 12.3 Å². The summed E-state index contributed by atoms with van der Waals surface area (Å²) in [6.07, 6.45) is 1.12. The lowest BCUT2D eigenvalue weighted by Crippen LogP contribution is -2.35. The van der Waals surface area contributed by atoms with Crippen LogP contribution in [0.3, 0.4) is 0 Å². The number of carbonyl (C=O) groups is 2. The molecule has 37 heavy (non-hydrogen) atoms. The number of rotatable bonds is 4. The van der Waals surface area contributed by atoms with Gasteiger partial charge in [0.1, 0.15) is 5.01 Å². The van der Waals surface area contributed by atoms with E-state index in [4.69, 9.17) is 21.4 Å². The predicted molar refractivity (Wildman–Crippen MR) is 148 cm³/mol. The van der Waals surface area contributed by atoms with Gasteiger partial charge in [0, 0.05) is 33.6 Å². The summed E-state index contributed by atoms with van der Waals surface area (Å²) in [6.45, 7) is 6.51. The Bertz CT molecular complexity index is 1520. The number of fused-ring (bicyclic) bond motifs is 1. The molecular formula is C29H27ClN2O4S. The van der Waals surface area contributed by atoms with Crippen molar-refractivity contribution in [3.63, 3.8) is 0 Å². The largest absolute Gasteiger partial charge is 0.471 e. The first-order chi connectivity index (χ1) is 17.6. The number of aromatic nitrogens is 2. The van der Waals surface area contributed by atoms with Crippen LogP contribution in [0.1, 0.15) is 41.9 Å². The summed E-state index contributed by atoms with van der Waals surface area (Å²) in [7, 11) is 1.31. The molecule has 6 nitrogen and oxygen atoms in total. The number of thiazole rings is 1. The van der Waals surface area contributed by atoms with Gasteiger partial charge in [-0.15, -0.1) is 11.3 Å². The van der Waals surface area contributed by atoms with Crippen LogP contribution in [0.25, 0.3) is 27.5 Å². The minimum Gasteiger partial charge on any atom is -0.471 e. The van der Waals surface area contributed by atoms with Crippen molar-refractivity contribution in [3.05, 3.63) is 92.2 Å². The molecule has 0 amide bonds. The van der Waals surface area contributed by atoms with Gasteiger partial charge in [-0.1, -0.05) is 55.8 Å². The number of pyridine rings is 1. The summed E-state index contributed by atoms with van der Waals surface area (Å²) >= 11 is 7.42. The highest BCUT2D eigenvalue weighted by molar-refractivity contribution is 7.13. The molecule has 190 valence electrons.